The number of ether oxygens (including phenoxy) is 2. The summed E-state index contributed by atoms with van der Waals surface area (Å²) in [6.45, 7) is 6.66. The molecule has 0 heterocycles. The number of carbonyl (C=O) groups excluding carboxylic acids is 2. The average molecular weight is 369 g/mol. The van der Waals surface area contributed by atoms with E-state index in [1.165, 1.54) is 0 Å². The summed E-state index contributed by atoms with van der Waals surface area (Å²) in [5, 5.41) is 5.94. The molecule has 25 heavy (non-hydrogen) atoms. The van der Waals surface area contributed by atoms with Crippen molar-refractivity contribution >= 4 is 23.4 Å². The van der Waals surface area contributed by atoms with Crippen molar-refractivity contribution in [2.24, 2.45) is 0 Å². The molecule has 0 aliphatic rings. The minimum atomic E-state index is -0.253. The molecule has 2 N–H and O–H groups in total. The highest BCUT2D eigenvalue weighted by molar-refractivity contribution is 6.30. The Hall–Kier alpha value is -2.05. The van der Waals surface area contributed by atoms with Crippen LogP contribution in [0.4, 0.5) is 0 Å². The summed E-state index contributed by atoms with van der Waals surface area (Å²) >= 11 is 5.77. The van der Waals surface area contributed by atoms with Gasteiger partial charge in [0.1, 0.15) is 12.4 Å². The highest BCUT2D eigenvalue weighted by Crippen LogP contribution is 2.15. The minimum absolute atomic E-state index is 0.0142. The predicted molar refractivity (Wildman–Crippen MR) is 97.6 cm³/mol. The van der Waals surface area contributed by atoms with Crippen molar-refractivity contribution < 1.29 is 19.1 Å². The molecule has 138 valence electrons. The zero-order valence-electron chi connectivity index (χ0n) is 14.5. The number of halogens is 1. The quantitative estimate of drug-likeness (QED) is 0.556. The lowest BCUT2D eigenvalue weighted by molar-refractivity contribution is -0.125. The number of unbranched alkanes of at least 4 members (excludes halogenated alkanes) is 1. The van der Waals surface area contributed by atoms with Crippen LogP contribution in [-0.4, -0.2) is 38.2 Å². The van der Waals surface area contributed by atoms with Crippen LogP contribution in [0.2, 0.25) is 5.02 Å². The number of benzene rings is 1. The standard InChI is InChI=1S/C18H25ClN2O4/c1-3-4-11-24-12-18(23)21-14(2)9-10-20-17(22)13-25-16-7-5-15(19)6-8-16/h5-8H,2-4,9-13H2,1H3,(H,20,22)(H,21,23). The molecule has 0 aliphatic heterocycles. The minimum Gasteiger partial charge on any atom is -0.484 e. The molecule has 7 heteroatoms. The Morgan fingerprint density at radius 1 is 1.16 bits per heavy atom. The molecule has 2 amide bonds. The third-order valence-electron chi connectivity index (χ3n) is 3.12. The number of hydrogen-bond donors (Lipinski definition) is 2. The molecule has 0 saturated carbocycles. The van der Waals surface area contributed by atoms with E-state index >= 15 is 0 Å². The van der Waals surface area contributed by atoms with Crippen LogP contribution in [0.5, 0.6) is 5.75 Å². The normalized spacial score (nSPS) is 10.2. The van der Waals surface area contributed by atoms with E-state index in [1.54, 1.807) is 24.3 Å². The van der Waals surface area contributed by atoms with Gasteiger partial charge in [-0.15, -0.1) is 0 Å². The van der Waals surface area contributed by atoms with Crippen molar-refractivity contribution in [2.75, 3.05) is 26.4 Å². The van der Waals surface area contributed by atoms with E-state index < -0.39 is 0 Å². The first-order valence-electron chi connectivity index (χ1n) is 8.21. The third-order valence-corrected chi connectivity index (χ3v) is 3.38. The lowest BCUT2D eigenvalue weighted by Gasteiger charge is -2.10. The van der Waals surface area contributed by atoms with E-state index in [4.69, 9.17) is 21.1 Å². The maximum atomic E-state index is 11.7. The number of amides is 2. The molecule has 6 nitrogen and oxygen atoms in total. The molecular weight excluding hydrogens is 344 g/mol. The molecule has 0 bridgehead atoms. The Morgan fingerprint density at radius 3 is 2.56 bits per heavy atom. The zero-order valence-corrected chi connectivity index (χ0v) is 15.2. The Balaban J connectivity index is 2.10. The van der Waals surface area contributed by atoms with Crippen LogP contribution in [0.25, 0.3) is 0 Å². The fraction of sp³-hybridized carbons (Fsp3) is 0.444. The molecule has 0 fully saturated rings. The van der Waals surface area contributed by atoms with E-state index in [-0.39, 0.29) is 25.0 Å². The molecule has 0 aromatic heterocycles. The first-order valence-corrected chi connectivity index (χ1v) is 8.59. The molecule has 0 unspecified atom stereocenters. The van der Waals surface area contributed by atoms with Gasteiger partial charge in [-0.3, -0.25) is 9.59 Å². The van der Waals surface area contributed by atoms with E-state index in [1.807, 2.05) is 0 Å². The van der Waals surface area contributed by atoms with Crippen LogP contribution in [0, 0.1) is 0 Å². The van der Waals surface area contributed by atoms with Gasteiger partial charge in [0.25, 0.3) is 5.91 Å². The van der Waals surface area contributed by atoms with Crippen molar-refractivity contribution in [1.82, 2.24) is 10.6 Å². The summed E-state index contributed by atoms with van der Waals surface area (Å²) in [7, 11) is 0. The average Bonchev–Trinajstić information content (AvgIpc) is 2.58. The van der Waals surface area contributed by atoms with Crippen LogP contribution in [0.1, 0.15) is 26.2 Å². The van der Waals surface area contributed by atoms with Crippen LogP contribution in [0.3, 0.4) is 0 Å². The Morgan fingerprint density at radius 2 is 1.88 bits per heavy atom. The second kappa shape index (κ2) is 12.3. The second-order valence-corrected chi connectivity index (χ2v) is 5.84. The van der Waals surface area contributed by atoms with Gasteiger partial charge in [0.2, 0.25) is 5.91 Å². The zero-order chi connectivity index (χ0) is 18.5. The van der Waals surface area contributed by atoms with Crippen molar-refractivity contribution in [3.8, 4) is 5.75 Å². The van der Waals surface area contributed by atoms with Gasteiger partial charge < -0.3 is 20.1 Å². The molecule has 0 spiro atoms. The fourth-order valence-corrected chi connectivity index (χ4v) is 1.92. The molecule has 1 aromatic carbocycles. The van der Waals surface area contributed by atoms with Crippen LogP contribution in [0.15, 0.2) is 36.5 Å². The maximum absolute atomic E-state index is 11.7. The van der Waals surface area contributed by atoms with Gasteiger partial charge in [-0.25, -0.2) is 0 Å². The van der Waals surface area contributed by atoms with Gasteiger partial charge in [-0.05, 0) is 30.7 Å². The van der Waals surface area contributed by atoms with Gasteiger partial charge in [-0.1, -0.05) is 31.5 Å². The summed E-state index contributed by atoms with van der Waals surface area (Å²) in [4.78, 5) is 23.3. The van der Waals surface area contributed by atoms with Gasteiger partial charge in [0.05, 0.1) is 0 Å². The smallest absolute Gasteiger partial charge is 0.257 e. The van der Waals surface area contributed by atoms with E-state index in [0.717, 1.165) is 12.8 Å². The second-order valence-electron chi connectivity index (χ2n) is 5.40. The summed E-state index contributed by atoms with van der Waals surface area (Å²) in [6.07, 6.45) is 2.39. The summed E-state index contributed by atoms with van der Waals surface area (Å²) in [5.74, 6) is 0.0785. The molecular formula is C18H25ClN2O4. The van der Waals surface area contributed by atoms with E-state index in [2.05, 4.69) is 24.1 Å². The summed E-state index contributed by atoms with van der Waals surface area (Å²) in [6, 6.07) is 6.76. The lowest BCUT2D eigenvalue weighted by Crippen LogP contribution is -2.32. The van der Waals surface area contributed by atoms with Crippen molar-refractivity contribution in [3.63, 3.8) is 0 Å². The molecule has 0 radical (unpaired) electrons. The van der Waals surface area contributed by atoms with E-state index in [0.29, 0.717) is 36.0 Å². The molecule has 1 rings (SSSR count). The Labute approximate surface area is 153 Å². The lowest BCUT2D eigenvalue weighted by atomic mass is 10.3. The molecule has 0 aliphatic carbocycles. The number of carbonyl (C=O) groups is 2. The Kier molecular flexibility index (Phi) is 10.4. The van der Waals surface area contributed by atoms with Crippen molar-refractivity contribution in [1.29, 1.82) is 0 Å². The Bertz CT molecular complexity index is 561. The van der Waals surface area contributed by atoms with Crippen LogP contribution < -0.4 is 15.4 Å². The maximum Gasteiger partial charge on any atom is 0.257 e. The largest absolute Gasteiger partial charge is 0.484 e. The van der Waals surface area contributed by atoms with Gasteiger partial charge in [-0.2, -0.15) is 0 Å². The fourth-order valence-electron chi connectivity index (χ4n) is 1.79. The topological polar surface area (TPSA) is 76.7 Å². The predicted octanol–water partition coefficient (Wildman–Crippen LogP) is 2.67. The van der Waals surface area contributed by atoms with Crippen molar-refractivity contribution in [2.45, 2.75) is 26.2 Å². The molecule has 1 aromatic rings. The number of hydrogen-bond acceptors (Lipinski definition) is 4. The first kappa shape index (κ1) is 21.0. The highest BCUT2D eigenvalue weighted by Gasteiger charge is 2.05. The van der Waals surface area contributed by atoms with Crippen LogP contribution >= 0.6 is 11.6 Å². The molecule has 0 atom stereocenters. The SMILES string of the molecule is C=C(CCNC(=O)COc1ccc(Cl)cc1)NC(=O)COCCCC. The van der Waals surface area contributed by atoms with Crippen LogP contribution in [-0.2, 0) is 14.3 Å². The first-order chi connectivity index (χ1) is 12.0. The number of nitrogens with one attached hydrogen (secondary N) is 2. The molecule has 0 saturated heterocycles. The van der Waals surface area contributed by atoms with Gasteiger partial charge >= 0.3 is 0 Å². The van der Waals surface area contributed by atoms with Gasteiger partial charge in [0, 0.05) is 30.3 Å². The summed E-state index contributed by atoms with van der Waals surface area (Å²) in [5.41, 5.74) is 0.531. The monoisotopic (exact) mass is 368 g/mol. The van der Waals surface area contributed by atoms with Gasteiger partial charge in [0.15, 0.2) is 6.61 Å². The van der Waals surface area contributed by atoms with E-state index in [9.17, 15) is 9.59 Å². The third kappa shape index (κ3) is 10.4. The van der Waals surface area contributed by atoms with Crippen molar-refractivity contribution in [3.05, 3.63) is 41.6 Å². The number of rotatable bonds is 12. The summed E-state index contributed by atoms with van der Waals surface area (Å²) < 4.78 is 10.5. The highest BCUT2D eigenvalue weighted by atomic mass is 35.5.